The molecule has 2 amide bonds. The van der Waals surface area contributed by atoms with Gasteiger partial charge in [0.15, 0.2) is 0 Å². The first kappa shape index (κ1) is 21.5. The number of carbonyl (C=O) groups excluding carboxylic acids is 1. The number of urea groups is 1. The number of hydrogen-bond acceptors (Lipinski definition) is 5. The zero-order chi connectivity index (χ0) is 21.8. The van der Waals surface area contributed by atoms with Crippen LogP contribution in [0.3, 0.4) is 0 Å². The number of halogens is 1. The molecule has 0 radical (unpaired) electrons. The van der Waals surface area contributed by atoms with E-state index in [2.05, 4.69) is 22.4 Å². The normalized spacial score (nSPS) is 15.8. The number of nitrogens with one attached hydrogen (secondary N) is 2. The molecule has 1 unspecified atom stereocenters. The van der Waals surface area contributed by atoms with Crippen molar-refractivity contribution < 1.29 is 10.0 Å². The van der Waals surface area contributed by atoms with Gasteiger partial charge in [-0.1, -0.05) is 35.9 Å². The number of nitrogens with zero attached hydrogens (tertiary/aromatic N) is 3. The summed E-state index contributed by atoms with van der Waals surface area (Å²) in [5, 5.41) is 15.5. The van der Waals surface area contributed by atoms with E-state index in [4.69, 9.17) is 21.8 Å². The summed E-state index contributed by atoms with van der Waals surface area (Å²) in [7, 11) is 0. The molecule has 0 spiro atoms. The number of hydrogen-bond donors (Lipinski definition) is 3. The second-order valence-corrected chi connectivity index (χ2v) is 8.37. The first-order chi connectivity index (χ1) is 15.0. The lowest BCUT2D eigenvalue weighted by molar-refractivity contribution is 0.117. The molecule has 1 saturated heterocycles. The molecule has 7 nitrogen and oxygen atoms in total. The fourth-order valence-corrected chi connectivity index (χ4v) is 4.45. The summed E-state index contributed by atoms with van der Waals surface area (Å²) in [6.07, 6.45) is 5.80. The Hall–Kier alpha value is -2.74. The topological polar surface area (TPSA) is 90.4 Å². The quantitative estimate of drug-likeness (QED) is 0.412. The van der Waals surface area contributed by atoms with Crippen molar-refractivity contribution in [3.8, 4) is 0 Å². The molecule has 3 heterocycles. The summed E-state index contributed by atoms with van der Waals surface area (Å²) in [4.78, 5) is 22.6. The van der Waals surface area contributed by atoms with E-state index in [1.807, 2.05) is 37.4 Å². The Morgan fingerprint density at radius 3 is 2.77 bits per heavy atom. The van der Waals surface area contributed by atoms with Gasteiger partial charge in [-0.15, -0.1) is 0 Å². The molecule has 1 aliphatic heterocycles. The molecule has 1 atom stereocenters. The van der Waals surface area contributed by atoms with Crippen LogP contribution in [0.4, 0.5) is 4.79 Å². The first-order valence-electron chi connectivity index (χ1n) is 10.4. The van der Waals surface area contributed by atoms with Gasteiger partial charge in [0.25, 0.3) is 0 Å². The maximum Gasteiger partial charge on any atom is 0.341 e. The third-order valence-electron chi connectivity index (χ3n) is 5.90. The minimum absolute atomic E-state index is 0.0401. The lowest BCUT2D eigenvalue weighted by atomic mass is 9.96. The Kier molecular flexibility index (Phi) is 6.65. The van der Waals surface area contributed by atoms with Gasteiger partial charge >= 0.3 is 6.03 Å². The number of fused-ring (bicyclic) bond motifs is 1. The molecule has 8 heteroatoms. The Balaban J connectivity index is 1.61. The number of hydroxylamine groups is 1. The van der Waals surface area contributed by atoms with E-state index < -0.39 is 6.03 Å². The molecular formula is C23H26ClN5O2. The predicted molar refractivity (Wildman–Crippen MR) is 120 cm³/mol. The van der Waals surface area contributed by atoms with Crippen molar-refractivity contribution in [1.29, 1.82) is 0 Å². The average Bonchev–Trinajstić information content (AvgIpc) is 2.80. The lowest BCUT2D eigenvalue weighted by Crippen LogP contribution is -2.48. The van der Waals surface area contributed by atoms with Gasteiger partial charge in [-0.25, -0.2) is 10.3 Å². The van der Waals surface area contributed by atoms with Crippen molar-refractivity contribution in [2.24, 2.45) is 0 Å². The van der Waals surface area contributed by atoms with Gasteiger partial charge in [0.1, 0.15) is 0 Å². The van der Waals surface area contributed by atoms with Crippen molar-refractivity contribution in [2.75, 3.05) is 13.1 Å². The van der Waals surface area contributed by atoms with Crippen LogP contribution in [0.5, 0.6) is 0 Å². The number of rotatable bonds is 5. The average molecular weight is 440 g/mol. The van der Waals surface area contributed by atoms with E-state index in [-0.39, 0.29) is 12.1 Å². The number of piperidine rings is 1. The van der Waals surface area contributed by atoms with Gasteiger partial charge in [-0.05, 0) is 42.8 Å². The van der Waals surface area contributed by atoms with Crippen LogP contribution in [-0.2, 0) is 6.42 Å². The highest BCUT2D eigenvalue weighted by Gasteiger charge is 2.26. The molecule has 162 valence electrons. The van der Waals surface area contributed by atoms with Gasteiger partial charge < -0.3 is 10.2 Å². The van der Waals surface area contributed by atoms with Crippen LogP contribution in [0.25, 0.3) is 10.8 Å². The molecule has 1 aliphatic rings. The molecule has 1 fully saturated rings. The third kappa shape index (κ3) is 4.95. The second-order valence-electron chi connectivity index (χ2n) is 7.94. The number of pyridine rings is 2. The van der Waals surface area contributed by atoms with Crippen molar-refractivity contribution in [2.45, 2.75) is 38.3 Å². The van der Waals surface area contributed by atoms with Crippen LogP contribution in [-0.4, -0.2) is 45.2 Å². The molecule has 3 aromatic rings. The smallest absolute Gasteiger partial charge is 0.323 e. The van der Waals surface area contributed by atoms with Crippen LogP contribution in [0.15, 0.2) is 48.8 Å². The van der Waals surface area contributed by atoms with Crippen LogP contribution < -0.4 is 10.8 Å². The molecule has 3 N–H and O–H groups in total. The van der Waals surface area contributed by atoms with E-state index in [1.54, 1.807) is 16.6 Å². The van der Waals surface area contributed by atoms with E-state index in [9.17, 15) is 4.79 Å². The first-order valence-corrected chi connectivity index (χ1v) is 10.8. The summed E-state index contributed by atoms with van der Waals surface area (Å²) >= 11 is 6.11. The fraction of sp³-hybridized carbons (Fsp3) is 0.348. The maximum absolute atomic E-state index is 11.7. The van der Waals surface area contributed by atoms with E-state index in [0.29, 0.717) is 24.5 Å². The molecule has 4 rings (SSSR count). The van der Waals surface area contributed by atoms with Gasteiger partial charge in [-0.2, -0.15) is 0 Å². The summed E-state index contributed by atoms with van der Waals surface area (Å²) < 4.78 is 0. The van der Waals surface area contributed by atoms with Crippen molar-refractivity contribution in [3.05, 3.63) is 70.8 Å². The SMILES string of the molecule is Cc1cc(Cl)cnc1CC(NC1CCN(C(=O)NO)CC1)c1nccc2ccccc12. The van der Waals surface area contributed by atoms with Gasteiger partial charge in [0.05, 0.1) is 16.8 Å². The number of aryl methyl sites for hydroxylation is 1. The van der Waals surface area contributed by atoms with Crippen molar-refractivity contribution in [3.63, 3.8) is 0 Å². The van der Waals surface area contributed by atoms with Gasteiger partial charge in [0, 0.05) is 49.0 Å². The zero-order valence-corrected chi connectivity index (χ0v) is 18.1. The lowest BCUT2D eigenvalue weighted by Gasteiger charge is -2.34. The van der Waals surface area contributed by atoms with Crippen LogP contribution in [0.2, 0.25) is 5.02 Å². The number of benzene rings is 1. The van der Waals surface area contributed by atoms with Crippen LogP contribution >= 0.6 is 11.6 Å². The molecule has 2 aromatic heterocycles. The Morgan fingerprint density at radius 1 is 1.26 bits per heavy atom. The largest absolute Gasteiger partial charge is 0.341 e. The highest BCUT2D eigenvalue weighted by molar-refractivity contribution is 6.30. The van der Waals surface area contributed by atoms with E-state index in [0.717, 1.165) is 40.6 Å². The predicted octanol–water partition coefficient (Wildman–Crippen LogP) is 4.03. The number of aromatic nitrogens is 2. The maximum atomic E-state index is 11.7. The number of likely N-dealkylation sites (tertiary alicyclic amines) is 1. The van der Waals surface area contributed by atoms with E-state index >= 15 is 0 Å². The number of amides is 2. The summed E-state index contributed by atoms with van der Waals surface area (Å²) in [6, 6.07) is 11.9. The summed E-state index contributed by atoms with van der Waals surface area (Å²) in [5.41, 5.74) is 4.74. The Labute approximate surface area is 186 Å². The van der Waals surface area contributed by atoms with Crippen molar-refractivity contribution >= 4 is 28.4 Å². The number of carbonyl (C=O) groups is 1. The molecular weight excluding hydrogens is 414 g/mol. The molecule has 0 aliphatic carbocycles. The standard InChI is InChI=1S/C23H26ClN5O2/c1-15-12-17(24)14-26-20(15)13-21(22-19-5-3-2-4-16(19)6-9-25-22)27-18-7-10-29(11-8-18)23(30)28-31/h2-6,9,12,14,18,21,27,31H,7-8,10-11,13H2,1H3,(H,28,30). The molecule has 31 heavy (non-hydrogen) atoms. The van der Waals surface area contributed by atoms with Crippen LogP contribution in [0.1, 0.15) is 35.8 Å². The Bertz CT molecular complexity index is 1060. The second kappa shape index (κ2) is 9.60. The van der Waals surface area contributed by atoms with Gasteiger partial charge in [-0.3, -0.25) is 15.2 Å². The van der Waals surface area contributed by atoms with Crippen LogP contribution in [0, 0.1) is 6.92 Å². The van der Waals surface area contributed by atoms with E-state index in [1.165, 1.54) is 0 Å². The summed E-state index contributed by atoms with van der Waals surface area (Å²) in [5.74, 6) is 0. The Morgan fingerprint density at radius 2 is 2.03 bits per heavy atom. The third-order valence-corrected chi connectivity index (χ3v) is 6.11. The minimum atomic E-state index is -0.452. The monoisotopic (exact) mass is 439 g/mol. The molecule has 0 bridgehead atoms. The van der Waals surface area contributed by atoms with Crippen molar-refractivity contribution in [1.82, 2.24) is 25.7 Å². The highest BCUT2D eigenvalue weighted by atomic mass is 35.5. The molecule has 0 saturated carbocycles. The minimum Gasteiger partial charge on any atom is -0.323 e. The van der Waals surface area contributed by atoms with Gasteiger partial charge in [0.2, 0.25) is 0 Å². The highest BCUT2D eigenvalue weighted by Crippen LogP contribution is 2.27. The summed E-state index contributed by atoms with van der Waals surface area (Å²) in [6.45, 7) is 3.18. The molecule has 1 aromatic carbocycles. The zero-order valence-electron chi connectivity index (χ0n) is 17.4. The fourth-order valence-electron chi connectivity index (χ4n) is 4.24.